The highest BCUT2D eigenvalue weighted by atomic mass is 19.1. The molecule has 0 bridgehead atoms. The van der Waals surface area contributed by atoms with Crippen LogP contribution in [-0.4, -0.2) is 29.6 Å². The molecule has 1 aliphatic carbocycles. The van der Waals surface area contributed by atoms with E-state index in [0.717, 1.165) is 31.4 Å². The molecule has 0 heterocycles. The lowest BCUT2D eigenvalue weighted by atomic mass is 10.2. The van der Waals surface area contributed by atoms with Gasteiger partial charge in [-0.1, -0.05) is 0 Å². The minimum atomic E-state index is -0.473. The van der Waals surface area contributed by atoms with Gasteiger partial charge in [-0.25, -0.2) is 4.39 Å². The molecule has 2 atom stereocenters. The lowest BCUT2D eigenvalue weighted by molar-refractivity contribution is 0.0267. The molecule has 1 fully saturated rings. The Kier molecular flexibility index (Phi) is 4.00. The first-order valence-electron chi connectivity index (χ1n) is 5.91. The maximum absolute atomic E-state index is 13.2. The van der Waals surface area contributed by atoms with Crippen LogP contribution in [0.4, 0.5) is 10.1 Å². The molecule has 2 unspecified atom stereocenters. The smallest absolute Gasteiger partial charge is 0.151 e. The fourth-order valence-corrected chi connectivity index (χ4v) is 2.24. The highest BCUT2D eigenvalue weighted by Gasteiger charge is 2.26. The minimum Gasteiger partial charge on any atom is -0.488 e. The van der Waals surface area contributed by atoms with Crippen molar-refractivity contribution >= 4 is 5.69 Å². The summed E-state index contributed by atoms with van der Waals surface area (Å²) in [5.74, 6) is -0.333. The number of nitrogens with zero attached hydrogens (tertiary/aromatic N) is 1. The summed E-state index contributed by atoms with van der Waals surface area (Å²) in [7, 11) is 1.89. The fraction of sp³-hybridized carbons (Fsp3) is 0.500. The Hall–Kier alpha value is -1.37. The molecule has 0 spiro atoms. The Labute approximate surface area is 105 Å². The van der Waals surface area contributed by atoms with Gasteiger partial charge in [0.25, 0.3) is 0 Å². The van der Waals surface area contributed by atoms with Crippen molar-refractivity contribution in [3.63, 3.8) is 0 Å². The molecule has 2 rings (SSSR count). The summed E-state index contributed by atoms with van der Waals surface area (Å²) >= 11 is 0. The number of anilines is 1. The SMILES string of the molecule is CNC1CCC(Oc2cc(F)ccc2N(O)O)C1. The molecule has 1 aromatic rings. The largest absolute Gasteiger partial charge is 0.488 e. The number of halogens is 1. The molecule has 5 nitrogen and oxygen atoms in total. The predicted octanol–water partition coefficient (Wildman–Crippen LogP) is 1.93. The van der Waals surface area contributed by atoms with Gasteiger partial charge in [-0.05, 0) is 38.4 Å². The number of benzene rings is 1. The Morgan fingerprint density at radius 2 is 2.17 bits per heavy atom. The van der Waals surface area contributed by atoms with E-state index in [9.17, 15) is 4.39 Å². The molecule has 100 valence electrons. The highest BCUT2D eigenvalue weighted by molar-refractivity contribution is 5.55. The Balaban J connectivity index is 2.11. The van der Waals surface area contributed by atoms with Gasteiger partial charge in [0.15, 0.2) is 5.75 Å². The topological polar surface area (TPSA) is 65.0 Å². The summed E-state index contributed by atoms with van der Waals surface area (Å²) in [4.78, 5) is 0. The van der Waals surface area contributed by atoms with E-state index in [2.05, 4.69) is 5.32 Å². The molecule has 0 radical (unpaired) electrons. The van der Waals surface area contributed by atoms with Gasteiger partial charge < -0.3 is 10.1 Å². The zero-order valence-electron chi connectivity index (χ0n) is 10.1. The normalized spacial score (nSPS) is 23.1. The molecule has 3 N–H and O–H groups in total. The summed E-state index contributed by atoms with van der Waals surface area (Å²) < 4.78 is 18.8. The van der Waals surface area contributed by atoms with Crippen LogP contribution < -0.4 is 15.3 Å². The van der Waals surface area contributed by atoms with E-state index < -0.39 is 5.82 Å². The van der Waals surface area contributed by atoms with Gasteiger partial charge in [-0.15, -0.1) is 5.23 Å². The van der Waals surface area contributed by atoms with Gasteiger partial charge in [0.2, 0.25) is 0 Å². The van der Waals surface area contributed by atoms with Gasteiger partial charge in [0.1, 0.15) is 17.6 Å². The molecule has 18 heavy (non-hydrogen) atoms. The highest BCUT2D eigenvalue weighted by Crippen LogP contribution is 2.31. The lowest BCUT2D eigenvalue weighted by Crippen LogP contribution is -2.24. The number of nitrogens with one attached hydrogen (secondary N) is 1. The summed E-state index contributed by atoms with van der Waals surface area (Å²) in [6.07, 6.45) is 2.64. The molecule has 6 heteroatoms. The van der Waals surface area contributed by atoms with Crippen molar-refractivity contribution in [1.29, 1.82) is 0 Å². The second-order valence-electron chi connectivity index (χ2n) is 4.44. The van der Waals surface area contributed by atoms with Gasteiger partial charge in [0, 0.05) is 12.1 Å². The van der Waals surface area contributed by atoms with Crippen molar-refractivity contribution in [2.75, 3.05) is 12.3 Å². The van der Waals surface area contributed by atoms with E-state index in [1.807, 2.05) is 7.05 Å². The lowest BCUT2D eigenvalue weighted by Gasteiger charge is -2.18. The Morgan fingerprint density at radius 3 is 2.78 bits per heavy atom. The van der Waals surface area contributed by atoms with E-state index in [0.29, 0.717) is 6.04 Å². The van der Waals surface area contributed by atoms with Crippen molar-refractivity contribution in [1.82, 2.24) is 5.32 Å². The van der Waals surface area contributed by atoms with E-state index in [1.165, 1.54) is 6.07 Å². The number of rotatable bonds is 4. The van der Waals surface area contributed by atoms with E-state index >= 15 is 0 Å². The average molecular weight is 256 g/mol. The fourth-order valence-electron chi connectivity index (χ4n) is 2.24. The van der Waals surface area contributed by atoms with Crippen LogP contribution >= 0.6 is 0 Å². The van der Waals surface area contributed by atoms with Crippen LogP contribution in [0.2, 0.25) is 0 Å². The van der Waals surface area contributed by atoms with Gasteiger partial charge >= 0.3 is 0 Å². The third kappa shape index (κ3) is 2.90. The Morgan fingerprint density at radius 1 is 1.39 bits per heavy atom. The summed E-state index contributed by atoms with van der Waals surface area (Å²) in [5, 5.41) is 21.2. The monoisotopic (exact) mass is 256 g/mol. The van der Waals surface area contributed by atoms with Crippen LogP contribution in [0.25, 0.3) is 0 Å². The number of hydrogen-bond donors (Lipinski definition) is 3. The molecule has 1 aliphatic rings. The van der Waals surface area contributed by atoms with Gasteiger partial charge in [-0.3, -0.25) is 10.4 Å². The van der Waals surface area contributed by atoms with Gasteiger partial charge in [-0.2, -0.15) is 0 Å². The van der Waals surface area contributed by atoms with Crippen LogP contribution in [0.1, 0.15) is 19.3 Å². The molecular formula is C12H17FN2O3. The summed E-state index contributed by atoms with van der Waals surface area (Å²) in [6, 6.07) is 3.95. The number of hydrogen-bond acceptors (Lipinski definition) is 5. The minimum absolute atomic E-state index is 0.0318. The quantitative estimate of drug-likeness (QED) is 0.718. The van der Waals surface area contributed by atoms with Crippen LogP contribution in [0.3, 0.4) is 0 Å². The van der Waals surface area contributed by atoms with Crippen molar-refractivity contribution in [3.05, 3.63) is 24.0 Å². The van der Waals surface area contributed by atoms with Crippen molar-refractivity contribution in [3.8, 4) is 5.75 Å². The molecule has 1 aromatic carbocycles. The number of ether oxygens (including phenoxy) is 1. The average Bonchev–Trinajstić information content (AvgIpc) is 2.76. The maximum atomic E-state index is 13.2. The maximum Gasteiger partial charge on any atom is 0.151 e. The van der Waals surface area contributed by atoms with Crippen LogP contribution in [0, 0.1) is 5.82 Å². The third-order valence-electron chi connectivity index (χ3n) is 3.22. The molecular weight excluding hydrogens is 239 g/mol. The van der Waals surface area contributed by atoms with E-state index in [-0.39, 0.29) is 22.8 Å². The summed E-state index contributed by atoms with van der Waals surface area (Å²) in [6.45, 7) is 0. The zero-order valence-corrected chi connectivity index (χ0v) is 10.1. The molecule has 1 saturated carbocycles. The van der Waals surface area contributed by atoms with Gasteiger partial charge in [0.05, 0.1) is 0 Å². The van der Waals surface area contributed by atoms with Crippen LogP contribution in [0.15, 0.2) is 18.2 Å². The summed E-state index contributed by atoms with van der Waals surface area (Å²) in [5.41, 5.74) is 0.0318. The molecule has 0 amide bonds. The van der Waals surface area contributed by atoms with Crippen LogP contribution in [-0.2, 0) is 0 Å². The van der Waals surface area contributed by atoms with E-state index in [4.69, 9.17) is 15.2 Å². The first kappa shape index (κ1) is 13.1. The third-order valence-corrected chi connectivity index (χ3v) is 3.22. The standard InChI is InChI=1S/C12H17FN2O3/c1-14-9-3-4-10(7-9)18-12-6-8(13)2-5-11(12)15(16)17/h2,5-6,9-10,14,16-17H,3-4,7H2,1H3. The molecule has 0 saturated heterocycles. The van der Waals surface area contributed by atoms with Crippen molar-refractivity contribution in [2.45, 2.75) is 31.4 Å². The first-order chi connectivity index (χ1) is 8.60. The molecule has 0 aliphatic heterocycles. The predicted molar refractivity (Wildman–Crippen MR) is 63.6 cm³/mol. The van der Waals surface area contributed by atoms with E-state index in [1.54, 1.807) is 0 Å². The second kappa shape index (κ2) is 5.51. The zero-order chi connectivity index (χ0) is 13.1. The van der Waals surface area contributed by atoms with Crippen molar-refractivity contribution in [2.24, 2.45) is 0 Å². The first-order valence-corrected chi connectivity index (χ1v) is 5.91. The van der Waals surface area contributed by atoms with Crippen molar-refractivity contribution < 1.29 is 19.5 Å². The Bertz CT molecular complexity index is 414. The second-order valence-corrected chi connectivity index (χ2v) is 4.44. The van der Waals surface area contributed by atoms with Crippen LogP contribution in [0.5, 0.6) is 5.75 Å². The molecule has 0 aromatic heterocycles.